The molecule has 2 nitrogen and oxygen atoms in total. The third-order valence-electron chi connectivity index (χ3n) is 4.70. The highest BCUT2D eigenvalue weighted by Crippen LogP contribution is 2.49. The molecular weight excluding hydrogens is 188 g/mol. The Morgan fingerprint density at radius 3 is 2.60 bits per heavy atom. The van der Waals surface area contributed by atoms with Gasteiger partial charge < -0.3 is 4.74 Å². The van der Waals surface area contributed by atoms with Gasteiger partial charge in [0.2, 0.25) is 0 Å². The lowest BCUT2D eigenvalue weighted by atomic mass is 9.80. The number of carbonyl (C=O) groups excluding carboxylic acids is 1. The molecule has 0 aromatic carbocycles. The van der Waals surface area contributed by atoms with E-state index in [-0.39, 0.29) is 5.92 Å². The van der Waals surface area contributed by atoms with Gasteiger partial charge in [-0.15, -0.1) is 0 Å². The Kier molecular flexibility index (Phi) is 2.35. The molecule has 1 aliphatic heterocycles. The molecular formula is C13H20O2. The van der Waals surface area contributed by atoms with E-state index in [2.05, 4.69) is 6.92 Å². The van der Waals surface area contributed by atoms with Crippen LogP contribution in [0.25, 0.3) is 0 Å². The van der Waals surface area contributed by atoms with E-state index in [1.165, 1.54) is 25.7 Å². The van der Waals surface area contributed by atoms with Crippen LogP contribution in [0.15, 0.2) is 0 Å². The third kappa shape index (κ3) is 1.63. The molecule has 5 atom stereocenters. The summed E-state index contributed by atoms with van der Waals surface area (Å²) in [7, 11) is 0. The van der Waals surface area contributed by atoms with Crippen molar-refractivity contribution in [1.82, 2.24) is 0 Å². The van der Waals surface area contributed by atoms with Crippen LogP contribution in [-0.2, 0) is 9.53 Å². The van der Waals surface area contributed by atoms with Crippen LogP contribution in [0.5, 0.6) is 0 Å². The van der Waals surface area contributed by atoms with Crippen LogP contribution in [0.2, 0.25) is 0 Å². The van der Waals surface area contributed by atoms with Crippen molar-refractivity contribution in [2.75, 3.05) is 6.61 Å². The number of Topliss-reactive ketones (excluding diaryl/α,β-unsaturated/α-hetero) is 1. The molecule has 2 heteroatoms. The molecule has 2 bridgehead atoms. The molecule has 2 aliphatic carbocycles. The molecule has 84 valence electrons. The molecule has 0 spiro atoms. The minimum absolute atomic E-state index is 0.226. The van der Waals surface area contributed by atoms with Crippen molar-refractivity contribution >= 4 is 5.78 Å². The van der Waals surface area contributed by atoms with Crippen molar-refractivity contribution in [3.8, 4) is 0 Å². The zero-order valence-electron chi connectivity index (χ0n) is 9.45. The molecule has 1 heterocycles. The van der Waals surface area contributed by atoms with Crippen LogP contribution in [0.3, 0.4) is 0 Å². The fraction of sp³-hybridized carbons (Fsp3) is 0.923. The first-order chi connectivity index (χ1) is 7.24. The van der Waals surface area contributed by atoms with Crippen LogP contribution >= 0.6 is 0 Å². The van der Waals surface area contributed by atoms with Gasteiger partial charge in [-0.2, -0.15) is 0 Å². The van der Waals surface area contributed by atoms with Gasteiger partial charge in [0.1, 0.15) is 5.78 Å². The summed E-state index contributed by atoms with van der Waals surface area (Å²) in [5.41, 5.74) is 0. The Balaban J connectivity index is 1.65. The smallest absolute Gasteiger partial charge is 0.141 e. The molecule has 0 N–H and O–H groups in total. The summed E-state index contributed by atoms with van der Waals surface area (Å²) in [5, 5.41) is 0. The Morgan fingerprint density at radius 1 is 1.20 bits per heavy atom. The number of ether oxygens (including phenoxy) is 1. The quantitative estimate of drug-likeness (QED) is 0.696. The summed E-state index contributed by atoms with van der Waals surface area (Å²) in [6, 6.07) is 0. The summed E-state index contributed by atoms with van der Waals surface area (Å²) < 4.78 is 5.51. The van der Waals surface area contributed by atoms with Gasteiger partial charge in [-0.3, -0.25) is 4.79 Å². The third-order valence-corrected chi connectivity index (χ3v) is 4.70. The highest BCUT2D eigenvalue weighted by molar-refractivity contribution is 5.84. The van der Waals surface area contributed by atoms with E-state index in [0.717, 1.165) is 18.3 Å². The van der Waals surface area contributed by atoms with Gasteiger partial charge in [0.05, 0.1) is 12.7 Å². The lowest BCUT2D eigenvalue weighted by Gasteiger charge is -2.22. The highest BCUT2D eigenvalue weighted by Gasteiger charge is 2.45. The van der Waals surface area contributed by atoms with E-state index in [9.17, 15) is 4.79 Å². The maximum absolute atomic E-state index is 12.3. The molecule has 5 unspecified atom stereocenters. The number of carbonyl (C=O) groups is 1. The molecule has 15 heavy (non-hydrogen) atoms. The Labute approximate surface area is 91.4 Å². The Hall–Kier alpha value is -0.370. The summed E-state index contributed by atoms with van der Waals surface area (Å²) in [5.74, 6) is 2.78. The monoisotopic (exact) mass is 208 g/mol. The molecule has 2 saturated carbocycles. The number of rotatable bonds is 2. The van der Waals surface area contributed by atoms with E-state index in [0.29, 0.717) is 24.4 Å². The van der Waals surface area contributed by atoms with Crippen molar-refractivity contribution in [3.63, 3.8) is 0 Å². The molecule has 3 aliphatic rings. The summed E-state index contributed by atoms with van der Waals surface area (Å²) in [6.45, 7) is 2.77. The summed E-state index contributed by atoms with van der Waals surface area (Å²) >= 11 is 0. The van der Waals surface area contributed by atoms with Gasteiger partial charge in [0.25, 0.3) is 0 Å². The van der Waals surface area contributed by atoms with Gasteiger partial charge in [0.15, 0.2) is 0 Å². The fourth-order valence-corrected chi connectivity index (χ4v) is 3.91. The van der Waals surface area contributed by atoms with Crippen LogP contribution in [0.1, 0.15) is 39.0 Å². The van der Waals surface area contributed by atoms with E-state index in [1.807, 2.05) is 0 Å². The number of hydrogen-bond donors (Lipinski definition) is 0. The van der Waals surface area contributed by atoms with Crippen LogP contribution < -0.4 is 0 Å². The van der Waals surface area contributed by atoms with Gasteiger partial charge in [-0.1, -0.05) is 6.42 Å². The largest absolute Gasteiger partial charge is 0.378 e. The maximum atomic E-state index is 12.3. The maximum Gasteiger partial charge on any atom is 0.141 e. The Morgan fingerprint density at radius 2 is 2.07 bits per heavy atom. The summed E-state index contributed by atoms with van der Waals surface area (Å²) in [6.07, 6.45) is 6.48. The molecule has 0 amide bonds. The minimum Gasteiger partial charge on any atom is -0.378 e. The van der Waals surface area contributed by atoms with E-state index in [4.69, 9.17) is 4.74 Å². The van der Waals surface area contributed by atoms with Crippen molar-refractivity contribution in [1.29, 1.82) is 0 Å². The average Bonchev–Trinajstić information content (AvgIpc) is 2.90. The van der Waals surface area contributed by atoms with Crippen molar-refractivity contribution in [2.24, 2.45) is 23.7 Å². The predicted octanol–water partition coefficient (Wildman–Crippen LogP) is 2.42. The second-order valence-corrected chi connectivity index (χ2v) is 5.76. The summed E-state index contributed by atoms with van der Waals surface area (Å²) in [4.78, 5) is 12.3. The molecule has 3 rings (SSSR count). The standard InChI is InChI=1S/C13H20O2/c1-8-4-11(7-15-8)13(14)12-6-9-2-3-10(12)5-9/h8-12H,2-7H2,1H3. The van der Waals surface area contributed by atoms with Gasteiger partial charge >= 0.3 is 0 Å². The first-order valence-electron chi connectivity index (χ1n) is 6.39. The first-order valence-corrected chi connectivity index (χ1v) is 6.39. The topological polar surface area (TPSA) is 26.3 Å². The molecule has 0 aromatic rings. The normalized spacial score (nSPS) is 48.7. The zero-order chi connectivity index (χ0) is 10.4. The van der Waals surface area contributed by atoms with Crippen LogP contribution in [0, 0.1) is 23.7 Å². The minimum atomic E-state index is 0.226. The molecule has 0 aromatic heterocycles. The number of hydrogen-bond acceptors (Lipinski definition) is 2. The molecule has 3 fully saturated rings. The predicted molar refractivity (Wildman–Crippen MR) is 57.5 cm³/mol. The van der Waals surface area contributed by atoms with Crippen LogP contribution in [0.4, 0.5) is 0 Å². The van der Waals surface area contributed by atoms with Gasteiger partial charge in [-0.25, -0.2) is 0 Å². The van der Waals surface area contributed by atoms with Crippen LogP contribution in [-0.4, -0.2) is 18.5 Å². The second-order valence-electron chi connectivity index (χ2n) is 5.76. The van der Waals surface area contributed by atoms with E-state index >= 15 is 0 Å². The van der Waals surface area contributed by atoms with Crippen molar-refractivity contribution in [3.05, 3.63) is 0 Å². The lowest BCUT2D eigenvalue weighted by Crippen LogP contribution is -2.28. The Bertz CT molecular complexity index is 274. The van der Waals surface area contributed by atoms with Gasteiger partial charge in [0, 0.05) is 11.8 Å². The van der Waals surface area contributed by atoms with Crippen molar-refractivity contribution in [2.45, 2.75) is 45.1 Å². The average molecular weight is 208 g/mol. The first kappa shape index (κ1) is 9.83. The number of ketones is 1. The lowest BCUT2D eigenvalue weighted by molar-refractivity contribution is -0.128. The second kappa shape index (κ2) is 3.58. The van der Waals surface area contributed by atoms with Crippen molar-refractivity contribution < 1.29 is 9.53 Å². The molecule has 1 saturated heterocycles. The van der Waals surface area contributed by atoms with Gasteiger partial charge in [-0.05, 0) is 44.4 Å². The molecule has 0 radical (unpaired) electrons. The fourth-order valence-electron chi connectivity index (χ4n) is 3.91. The van der Waals surface area contributed by atoms with E-state index < -0.39 is 0 Å². The van der Waals surface area contributed by atoms with E-state index in [1.54, 1.807) is 0 Å². The highest BCUT2D eigenvalue weighted by atomic mass is 16.5. The zero-order valence-corrected chi connectivity index (χ0v) is 9.45. The SMILES string of the molecule is CC1CC(C(=O)C2CC3CCC2C3)CO1. The number of fused-ring (bicyclic) bond motifs is 2.